The molecule has 0 atom stereocenters. The highest BCUT2D eigenvalue weighted by atomic mass is 35.5. The summed E-state index contributed by atoms with van der Waals surface area (Å²) in [6.07, 6.45) is 5.14. The van der Waals surface area contributed by atoms with E-state index < -0.39 is 0 Å². The van der Waals surface area contributed by atoms with Crippen LogP contribution in [0, 0.1) is 0 Å². The molecule has 0 aromatic carbocycles. The Kier molecular flexibility index (Phi) is 4.92. The number of hydrogen-bond donors (Lipinski definition) is 2. The van der Waals surface area contributed by atoms with Gasteiger partial charge in [0.05, 0.1) is 5.69 Å². The third-order valence-corrected chi connectivity index (χ3v) is 1.57. The van der Waals surface area contributed by atoms with E-state index in [4.69, 9.17) is 5.73 Å². The van der Waals surface area contributed by atoms with Crippen LogP contribution in [0.2, 0.25) is 0 Å². The minimum atomic E-state index is 0. The molecule has 0 radical (unpaired) electrons. The Balaban J connectivity index is 0.00000144. The van der Waals surface area contributed by atoms with Crippen LogP contribution >= 0.6 is 12.4 Å². The molecule has 0 aliphatic rings. The van der Waals surface area contributed by atoms with E-state index in [2.05, 4.69) is 23.1 Å². The van der Waals surface area contributed by atoms with E-state index in [0.29, 0.717) is 5.95 Å². The first-order valence-electron chi connectivity index (χ1n) is 3.83. The van der Waals surface area contributed by atoms with Crippen molar-refractivity contribution in [2.75, 3.05) is 5.73 Å². The smallest absolute Gasteiger partial charge is 0.197 e. The lowest BCUT2D eigenvalue weighted by atomic mass is 10.2. The zero-order valence-electron chi connectivity index (χ0n) is 7.42. The Labute approximate surface area is 84.2 Å². The van der Waals surface area contributed by atoms with Gasteiger partial charge in [0.15, 0.2) is 5.95 Å². The van der Waals surface area contributed by atoms with Gasteiger partial charge in [0.1, 0.15) is 0 Å². The molecule has 0 aliphatic carbocycles. The van der Waals surface area contributed by atoms with Crippen molar-refractivity contribution >= 4 is 18.4 Å². The van der Waals surface area contributed by atoms with Crippen LogP contribution in [0.15, 0.2) is 25.3 Å². The molecule has 1 aromatic rings. The Hall–Kier alpha value is -1.22. The number of H-pyrrole nitrogens is 1. The van der Waals surface area contributed by atoms with E-state index in [-0.39, 0.29) is 12.4 Å². The van der Waals surface area contributed by atoms with Crippen LogP contribution in [0.1, 0.15) is 11.4 Å². The second-order valence-corrected chi connectivity index (χ2v) is 2.53. The summed E-state index contributed by atoms with van der Waals surface area (Å²) in [5.74, 6) is 0.462. The minimum absolute atomic E-state index is 0. The third-order valence-electron chi connectivity index (χ3n) is 1.57. The van der Waals surface area contributed by atoms with Crippen LogP contribution in [0.4, 0.5) is 5.95 Å². The number of anilines is 1. The Morgan fingerprint density at radius 1 is 1.31 bits per heavy atom. The molecule has 1 heterocycles. The number of halogens is 1. The molecule has 0 aliphatic heterocycles. The molecular weight excluding hydrogens is 186 g/mol. The van der Waals surface area contributed by atoms with Gasteiger partial charge in [0.25, 0.3) is 0 Å². The van der Waals surface area contributed by atoms with Crippen molar-refractivity contribution < 1.29 is 0 Å². The lowest BCUT2D eigenvalue weighted by Gasteiger charge is -1.93. The molecule has 1 rings (SSSR count). The lowest BCUT2D eigenvalue weighted by Crippen LogP contribution is -1.89. The van der Waals surface area contributed by atoms with E-state index in [1.165, 1.54) is 0 Å². The molecule has 4 heteroatoms. The van der Waals surface area contributed by atoms with Crippen molar-refractivity contribution in [3.05, 3.63) is 36.7 Å². The maximum atomic E-state index is 5.50. The van der Waals surface area contributed by atoms with Gasteiger partial charge in [-0.25, -0.2) is 4.98 Å². The molecule has 0 saturated carbocycles. The number of aromatic nitrogens is 2. The highest BCUT2D eigenvalue weighted by molar-refractivity contribution is 5.85. The first kappa shape index (κ1) is 11.8. The first-order chi connectivity index (χ1) is 5.77. The lowest BCUT2D eigenvalue weighted by molar-refractivity contribution is 1.07. The molecule has 0 unspecified atom stereocenters. The van der Waals surface area contributed by atoms with Crippen molar-refractivity contribution in [1.29, 1.82) is 0 Å². The van der Waals surface area contributed by atoms with Gasteiger partial charge in [0.2, 0.25) is 0 Å². The van der Waals surface area contributed by atoms with Crippen LogP contribution in [0.5, 0.6) is 0 Å². The van der Waals surface area contributed by atoms with Crippen molar-refractivity contribution in [2.24, 2.45) is 0 Å². The molecule has 0 saturated heterocycles. The third kappa shape index (κ3) is 2.95. The highest BCUT2D eigenvalue weighted by Gasteiger charge is 2.04. The summed E-state index contributed by atoms with van der Waals surface area (Å²) in [6, 6.07) is 0. The van der Waals surface area contributed by atoms with Crippen molar-refractivity contribution in [1.82, 2.24) is 9.97 Å². The molecule has 13 heavy (non-hydrogen) atoms. The largest absolute Gasteiger partial charge is 0.369 e. The first-order valence-corrected chi connectivity index (χ1v) is 3.83. The molecule has 0 fully saturated rings. The maximum absolute atomic E-state index is 5.50. The quantitative estimate of drug-likeness (QED) is 0.728. The number of hydrogen-bond acceptors (Lipinski definition) is 2. The average Bonchev–Trinajstić information content (AvgIpc) is 2.33. The van der Waals surface area contributed by atoms with E-state index in [1.54, 1.807) is 0 Å². The standard InChI is InChI=1S/C9H13N3.ClH/c1-3-5-7-8(6-4-2)12-9(10)11-7;/h3-4H,1-2,5-6H2,(H3,10,11,12);1H. The summed E-state index contributed by atoms with van der Waals surface area (Å²) in [7, 11) is 0. The fourth-order valence-corrected chi connectivity index (χ4v) is 1.09. The fraction of sp³-hybridized carbons (Fsp3) is 0.222. The number of nitrogens with two attached hydrogens (primary N) is 1. The van der Waals surface area contributed by atoms with Crippen LogP contribution in [0.25, 0.3) is 0 Å². The molecular formula is C9H14ClN3. The van der Waals surface area contributed by atoms with Gasteiger partial charge in [-0.3, -0.25) is 0 Å². The average molecular weight is 200 g/mol. The summed E-state index contributed by atoms with van der Waals surface area (Å²) in [5, 5.41) is 0. The Morgan fingerprint density at radius 2 is 1.92 bits per heavy atom. The van der Waals surface area contributed by atoms with Crippen LogP contribution in [-0.4, -0.2) is 9.97 Å². The number of rotatable bonds is 4. The normalized spacial score (nSPS) is 8.92. The van der Waals surface area contributed by atoms with Crippen molar-refractivity contribution in [2.45, 2.75) is 12.8 Å². The number of nitrogens with zero attached hydrogens (tertiary/aromatic N) is 1. The predicted octanol–water partition coefficient (Wildman–Crippen LogP) is 1.87. The zero-order chi connectivity index (χ0) is 8.97. The number of aromatic amines is 1. The minimum Gasteiger partial charge on any atom is -0.369 e. The van der Waals surface area contributed by atoms with Crippen molar-refractivity contribution in [3.8, 4) is 0 Å². The monoisotopic (exact) mass is 199 g/mol. The van der Waals surface area contributed by atoms with E-state index in [1.807, 2.05) is 12.2 Å². The molecule has 3 N–H and O–H groups in total. The number of nitrogens with one attached hydrogen (secondary N) is 1. The Bertz CT molecular complexity index is 264. The second-order valence-electron chi connectivity index (χ2n) is 2.53. The van der Waals surface area contributed by atoms with Crippen LogP contribution < -0.4 is 5.73 Å². The van der Waals surface area contributed by atoms with Gasteiger partial charge < -0.3 is 10.7 Å². The van der Waals surface area contributed by atoms with E-state index >= 15 is 0 Å². The SMILES string of the molecule is C=CCc1nc(N)[nH]c1CC=C.Cl. The molecule has 0 spiro atoms. The van der Waals surface area contributed by atoms with Crippen molar-refractivity contribution in [3.63, 3.8) is 0 Å². The molecule has 0 amide bonds. The van der Waals surface area contributed by atoms with Gasteiger partial charge in [0, 0.05) is 18.5 Å². The molecule has 72 valence electrons. The summed E-state index contributed by atoms with van der Waals surface area (Å²) in [4.78, 5) is 7.10. The van der Waals surface area contributed by atoms with E-state index in [9.17, 15) is 0 Å². The van der Waals surface area contributed by atoms with Gasteiger partial charge in [-0.1, -0.05) is 12.2 Å². The highest BCUT2D eigenvalue weighted by Crippen LogP contribution is 2.09. The predicted molar refractivity (Wildman–Crippen MR) is 58.1 cm³/mol. The summed E-state index contributed by atoms with van der Waals surface area (Å²) < 4.78 is 0. The molecule has 3 nitrogen and oxygen atoms in total. The maximum Gasteiger partial charge on any atom is 0.197 e. The van der Waals surface area contributed by atoms with Gasteiger partial charge in [-0.2, -0.15) is 0 Å². The van der Waals surface area contributed by atoms with E-state index in [0.717, 1.165) is 24.2 Å². The fourth-order valence-electron chi connectivity index (χ4n) is 1.09. The number of allylic oxidation sites excluding steroid dienone is 2. The van der Waals surface area contributed by atoms with Crippen LogP contribution in [0.3, 0.4) is 0 Å². The summed E-state index contributed by atoms with van der Waals surface area (Å²) >= 11 is 0. The summed E-state index contributed by atoms with van der Waals surface area (Å²) in [5.41, 5.74) is 7.50. The molecule has 0 bridgehead atoms. The van der Waals surface area contributed by atoms with Gasteiger partial charge >= 0.3 is 0 Å². The van der Waals surface area contributed by atoms with Gasteiger partial charge in [-0.15, -0.1) is 25.6 Å². The molecule has 1 aromatic heterocycles. The number of imidazole rings is 1. The topological polar surface area (TPSA) is 54.7 Å². The van der Waals surface area contributed by atoms with Crippen LogP contribution in [-0.2, 0) is 12.8 Å². The van der Waals surface area contributed by atoms with Gasteiger partial charge in [-0.05, 0) is 0 Å². The Morgan fingerprint density at radius 3 is 2.46 bits per heavy atom. The second kappa shape index (κ2) is 5.43. The zero-order valence-corrected chi connectivity index (χ0v) is 8.23. The number of nitrogen functional groups attached to an aromatic ring is 1. The summed E-state index contributed by atoms with van der Waals surface area (Å²) in [6.45, 7) is 7.30.